The van der Waals surface area contributed by atoms with Crippen LogP contribution >= 0.6 is 11.3 Å². The summed E-state index contributed by atoms with van der Waals surface area (Å²) < 4.78 is 11.1. The van der Waals surface area contributed by atoms with Crippen molar-refractivity contribution in [2.24, 2.45) is 0 Å². The lowest BCUT2D eigenvalue weighted by Gasteiger charge is -2.10. The minimum absolute atomic E-state index is 0.0930. The Balaban J connectivity index is 1.55. The summed E-state index contributed by atoms with van der Waals surface area (Å²) in [5.74, 6) is 0.739. The van der Waals surface area contributed by atoms with Gasteiger partial charge in [0.15, 0.2) is 11.5 Å². The normalized spacial score (nSPS) is 13.0. The van der Waals surface area contributed by atoms with E-state index in [0.717, 1.165) is 11.3 Å². The van der Waals surface area contributed by atoms with Crippen molar-refractivity contribution < 1.29 is 19.1 Å². The number of nitrogens with one attached hydrogen (secondary N) is 2. The quantitative estimate of drug-likeness (QED) is 0.892. The Bertz CT molecular complexity index is 757. The van der Waals surface area contributed by atoms with Gasteiger partial charge in [0.05, 0.1) is 24.6 Å². The highest BCUT2D eigenvalue weighted by molar-refractivity contribution is 7.13. The van der Waals surface area contributed by atoms with Crippen LogP contribution < -0.4 is 20.1 Å². The third-order valence-corrected chi connectivity index (χ3v) is 4.40. The third-order valence-electron chi connectivity index (χ3n) is 3.40. The van der Waals surface area contributed by atoms with E-state index >= 15 is 0 Å². The zero-order valence-corrected chi connectivity index (χ0v) is 14.1. The van der Waals surface area contributed by atoms with Crippen molar-refractivity contribution in [2.45, 2.75) is 13.3 Å². The van der Waals surface area contributed by atoms with Crippen LogP contribution in [0.15, 0.2) is 30.3 Å². The van der Waals surface area contributed by atoms with Crippen molar-refractivity contribution in [1.82, 2.24) is 5.32 Å². The molecule has 0 unspecified atom stereocenters. The van der Waals surface area contributed by atoms with Gasteiger partial charge in [0.2, 0.25) is 5.91 Å². The predicted octanol–water partition coefficient (Wildman–Crippen LogP) is 2.59. The number of ether oxygens (including phenoxy) is 2. The van der Waals surface area contributed by atoms with E-state index in [-0.39, 0.29) is 18.4 Å². The fourth-order valence-corrected chi connectivity index (χ4v) is 3.03. The Kier molecular flexibility index (Phi) is 5.00. The summed E-state index contributed by atoms with van der Waals surface area (Å²) >= 11 is 1.39. The van der Waals surface area contributed by atoms with E-state index in [1.807, 2.05) is 13.0 Å². The molecule has 2 amide bonds. The van der Waals surface area contributed by atoms with Crippen LogP contribution in [0.3, 0.4) is 0 Å². The minimum atomic E-state index is -0.300. The second-order valence-corrected chi connectivity index (χ2v) is 6.64. The molecule has 0 radical (unpaired) electrons. The van der Waals surface area contributed by atoms with E-state index in [1.165, 1.54) is 11.3 Å². The Labute approximate surface area is 143 Å². The fourth-order valence-electron chi connectivity index (χ4n) is 2.25. The number of hydrogen-bond donors (Lipinski definition) is 2. The van der Waals surface area contributed by atoms with Gasteiger partial charge in [-0.25, -0.2) is 0 Å². The number of aryl methyl sites for hydroxylation is 1. The first-order chi connectivity index (χ1) is 11.6. The summed E-state index contributed by atoms with van der Waals surface area (Å²) in [4.78, 5) is 25.6. The van der Waals surface area contributed by atoms with Gasteiger partial charge in [-0.05, 0) is 31.2 Å². The molecule has 1 aromatic heterocycles. The summed E-state index contributed by atoms with van der Waals surface area (Å²) in [5.41, 5.74) is 0.602. The zero-order valence-electron chi connectivity index (χ0n) is 13.3. The molecule has 126 valence electrons. The van der Waals surface area contributed by atoms with Gasteiger partial charge in [0.25, 0.3) is 5.91 Å². The van der Waals surface area contributed by atoms with Crippen molar-refractivity contribution in [2.75, 3.05) is 25.1 Å². The first-order valence-corrected chi connectivity index (χ1v) is 8.47. The Morgan fingerprint density at radius 1 is 1.12 bits per heavy atom. The van der Waals surface area contributed by atoms with E-state index < -0.39 is 0 Å². The summed E-state index contributed by atoms with van der Waals surface area (Å²) in [7, 11) is 0. The molecular formula is C17H18N2O4S. The monoisotopic (exact) mass is 346 g/mol. The van der Waals surface area contributed by atoms with Crippen molar-refractivity contribution in [3.05, 3.63) is 40.1 Å². The van der Waals surface area contributed by atoms with Crippen molar-refractivity contribution in [1.29, 1.82) is 0 Å². The number of carbonyl (C=O) groups excluding carboxylic acids is 2. The summed E-state index contributed by atoms with van der Waals surface area (Å²) in [6, 6.07) is 8.86. The Morgan fingerprint density at radius 2 is 1.92 bits per heavy atom. The largest absolute Gasteiger partial charge is 0.490 e. The van der Waals surface area contributed by atoms with Crippen molar-refractivity contribution >= 4 is 28.8 Å². The minimum Gasteiger partial charge on any atom is -0.490 e. The average molecular weight is 346 g/mol. The molecule has 2 heterocycles. The molecule has 0 bridgehead atoms. The molecule has 1 aliphatic heterocycles. The zero-order chi connectivity index (χ0) is 16.9. The Hall–Kier alpha value is -2.54. The molecule has 6 nitrogen and oxygen atoms in total. The first-order valence-electron chi connectivity index (χ1n) is 7.66. The number of fused-ring (bicyclic) bond motifs is 1. The lowest BCUT2D eigenvalue weighted by Crippen LogP contribution is -2.32. The van der Waals surface area contributed by atoms with E-state index in [0.29, 0.717) is 35.3 Å². The molecule has 2 N–H and O–H groups in total. The lowest BCUT2D eigenvalue weighted by molar-refractivity contribution is -0.115. The summed E-state index contributed by atoms with van der Waals surface area (Å²) in [6.45, 7) is 3.04. The molecule has 0 saturated heterocycles. The highest BCUT2D eigenvalue weighted by Gasteiger charge is 2.13. The van der Waals surface area contributed by atoms with Crippen LogP contribution in [0.4, 0.5) is 5.69 Å². The van der Waals surface area contributed by atoms with Gasteiger partial charge >= 0.3 is 0 Å². The number of thiophene rings is 1. The van der Waals surface area contributed by atoms with Crippen LogP contribution in [0.2, 0.25) is 0 Å². The molecule has 0 spiro atoms. The average Bonchev–Trinajstić information content (AvgIpc) is 2.87. The van der Waals surface area contributed by atoms with E-state index in [4.69, 9.17) is 9.47 Å². The van der Waals surface area contributed by atoms with Gasteiger partial charge < -0.3 is 20.1 Å². The molecule has 0 fully saturated rings. The van der Waals surface area contributed by atoms with Gasteiger partial charge in [0.1, 0.15) is 0 Å². The molecule has 0 aliphatic carbocycles. The fraction of sp³-hybridized carbons (Fsp3) is 0.294. The maximum Gasteiger partial charge on any atom is 0.261 e. The number of hydrogen-bond acceptors (Lipinski definition) is 5. The second kappa shape index (κ2) is 7.35. The smallest absolute Gasteiger partial charge is 0.261 e. The molecule has 2 aromatic rings. The van der Waals surface area contributed by atoms with Crippen LogP contribution in [-0.2, 0) is 4.79 Å². The van der Waals surface area contributed by atoms with Gasteiger partial charge in [-0.1, -0.05) is 0 Å². The van der Waals surface area contributed by atoms with Crippen LogP contribution in [0, 0.1) is 6.92 Å². The summed E-state index contributed by atoms with van der Waals surface area (Å²) in [6.07, 6.45) is 0.824. The number of anilines is 1. The molecule has 1 aromatic carbocycles. The van der Waals surface area contributed by atoms with E-state index in [1.54, 1.807) is 24.3 Å². The number of rotatable bonds is 4. The topological polar surface area (TPSA) is 76.7 Å². The van der Waals surface area contributed by atoms with Crippen molar-refractivity contribution in [3.8, 4) is 11.5 Å². The van der Waals surface area contributed by atoms with E-state index in [2.05, 4.69) is 10.6 Å². The predicted molar refractivity (Wildman–Crippen MR) is 92.1 cm³/mol. The molecular weight excluding hydrogens is 328 g/mol. The highest BCUT2D eigenvalue weighted by atomic mass is 32.1. The Morgan fingerprint density at radius 3 is 2.67 bits per heavy atom. The molecule has 3 rings (SSSR count). The first kappa shape index (κ1) is 16.3. The molecule has 1 aliphatic rings. The van der Waals surface area contributed by atoms with Crippen LogP contribution in [0.25, 0.3) is 0 Å². The van der Waals surface area contributed by atoms with Crippen LogP contribution in [0.1, 0.15) is 21.0 Å². The SMILES string of the molecule is Cc1ccc(C(=O)NCC(=O)Nc2ccc3c(c2)OCCCO3)s1. The highest BCUT2D eigenvalue weighted by Crippen LogP contribution is 2.32. The van der Waals surface area contributed by atoms with Gasteiger partial charge in [-0.2, -0.15) is 0 Å². The lowest BCUT2D eigenvalue weighted by atomic mass is 10.2. The van der Waals surface area contributed by atoms with E-state index in [9.17, 15) is 9.59 Å². The van der Waals surface area contributed by atoms with Crippen LogP contribution in [0.5, 0.6) is 11.5 Å². The third kappa shape index (κ3) is 4.05. The van der Waals surface area contributed by atoms with Gasteiger partial charge in [0, 0.05) is 23.1 Å². The molecule has 7 heteroatoms. The second-order valence-electron chi connectivity index (χ2n) is 5.35. The van der Waals surface area contributed by atoms with Gasteiger partial charge in [-0.15, -0.1) is 11.3 Å². The molecule has 24 heavy (non-hydrogen) atoms. The molecule has 0 atom stereocenters. The maximum absolute atomic E-state index is 12.0. The number of amides is 2. The standard InChI is InChI=1S/C17H18N2O4S/c1-11-3-6-15(24-11)17(21)18-10-16(20)19-12-4-5-13-14(9-12)23-8-2-7-22-13/h3-6,9H,2,7-8,10H2,1H3,(H,18,21)(H,19,20). The summed E-state index contributed by atoms with van der Waals surface area (Å²) in [5, 5.41) is 5.35. The maximum atomic E-state index is 12.0. The van der Waals surface area contributed by atoms with Crippen LogP contribution in [-0.4, -0.2) is 31.6 Å². The number of benzene rings is 1. The number of carbonyl (C=O) groups is 2. The molecule has 0 saturated carbocycles. The van der Waals surface area contributed by atoms with Crippen molar-refractivity contribution in [3.63, 3.8) is 0 Å². The van der Waals surface area contributed by atoms with Gasteiger partial charge in [-0.3, -0.25) is 9.59 Å².